The molecule has 1 heterocycles. The number of hydrogen-bond donors (Lipinski definition) is 3. The van der Waals surface area contributed by atoms with Crippen LogP contribution >= 0.6 is 11.6 Å². The number of ether oxygens (including phenoxy) is 1. The van der Waals surface area contributed by atoms with Crippen LogP contribution in [0.5, 0.6) is 5.88 Å². The summed E-state index contributed by atoms with van der Waals surface area (Å²) in [5.74, 6) is -2.72. The van der Waals surface area contributed by atoms with Crippen LogP contribution in [0.15, 0.2) is 53.1 Å². The lowest BCUT2D eigenvalue weighted by atomic mass is 10.0. The predicted molar refractivity (Wildman–Crippen MR) is 143 cm³/mol. The molecule has 3 N–H and O–H groups in total. The molecule has 1 atom stereocenters. The molecule has 0 saturated heterocycles. The largest absolute Gasteiger partial charge is 0.491 e. The lowest BCUT2D eigenvalue weighted by Crippen LogP contribution is -2.53. The summed E-state index contributed by atoms with van der Waals surface area (Å²) in [6, 6.07) is 12.2. The average Bonchev–Trinajstić information content (AvgIpc) is 3.34. The smallest absolute Gasteiger partial charge is 0.339 e. The number of carbonyl (C=O) groups is 2. The molecule has 2 aromatic carbocycles. The molecule has 0 aliphatic rings. The van der Waals surface area contributed by atoms with E-state index in [1.165, 1.54) is 30.1 Å². The van der Waals surface area contributed by atoms with E-state index < -0.39 is 29.2 Å². The second-order valence-corrected chi connectivity index (χ2v) is 9.93. The predicted octanol–water partition coefficient (Wildman–Crippen LogP) is 5.25. The van der Waals surface area contributed by atoms with Gasteiger partial charge in [-0.15, -0.1) is 0 Å². The van der Waals surface area contributed by atoms with Crippen molar-refractivity contribution >= 4 is 23.5 Å². The van der Waals surface area contributed by atoms with Crippen LogP contribution in [-0.2, 0) is 16.1 Å². The molecule has 0 bridgehead atoms. The molecule has 1 aromatic heterocycles. The number of carbonyl (C=O) groups excluding carboxylic acids is 2. The molecule has 0 radical (unpaired) electrons. The van der Waals surface area contributed by atoms with E-state index in [1.54, 1.807) is 24.3 Å². The quantitative estimate of drug-likeness (QED) is 0.138. The number of hydrazine groups is 1. The van der Waals surface area contributed by atoms with Gasteiger partial charge in [-0.3, -0.25) is 10.2 Å². The van der Waals surface area contributed by atoms with Crippen LogP contribution in [0.1, 0.15) is 62.1 Å². The van der Waals surface area contributed by atoms with Gasteiger partial charge in [0, 0.05) is 17.1 Å². The summed E-state index contributed by atoms with van der Waals surface area (Å²) in [7, 11) is 0. The van der Waals surface area contributed by atoms with Gasteiger partial charge in [-0.05, 0) is 47.8 Å². The fourth-order valence-electron chi connectivity index (χ4n) is 3.90. The fraction of sp³-hybridized carbons (Fsp3) is 0.393. The van der Waals surface area contributed by atoms with E-state index >= 15 is 0 Å². The SMILES string of the molecule is CCCCCCCOC(=O)C(C)(O)CN(Cc1ccc(-c2cc(Cl)ccc2F)cc1)NC(=O)c1cc(O)no1. The van der Waals surface area contributed by atoms with Crippen LogP contribution in [0.2, 0.25) is 5.02 Å². The fourth-order valence-corrected chi connectivity index (χ4v) is 4.07. The minimum atomic E-state index is -1.95. The Kier molecular flexibility index (Phi) is 10.8. The minimum Gasteiger partial charge on any atom is -0.491 e. The van der Waals surface area contributed by atoms with E-state index in [1.807, 2.05) is 0 Å². The lowest BCUT2D eigenvalue weighted by Gasteiger charge is -2.30. The highest BCUT2D eigenvalue weighted by molar-refractivity contribution is 6.30. The van der Waals surface area contributed by atoms with Gasteiger partial charge in [0.05, 0.1) is 19.2 Å². The van der Waals surface area contributed by atoms with Gasteiger partial charge in [0.25, 0.3) is 5.88 Å². The summed E-state index contributed by atoms with van der Waals surface area (Å²) in [4.78, 5) is 25.3. The molecule has 0 saturated carbocycles. The maximum absolute atomic E-state index is 14.3. The van der Waals surface area contributed by atoms with Crippen LogP contribution in [0.4, 0.5) is 4.39 Å². The molecule has 210 valence electrons. The van der Waals surface area contributed by atoms with Crippen LogP contribution in [0.25, 0.3) is 11.1 Å². The van der Waals surface area contributed by atoms with Gasteiger partial charge in [0.2, 0.25) is 5.76 Å². The zero-order chi connectivity index (χ0) is 28.4. The molecule has 39 heavy (non-hydrogen) atoms. The second-order valence-electron chi connectivity index (χ2n) is 9.49. The molecule has 11 heteroatoms. The van der Waals surface area contributed by atoms with Crippen LogP contribution < -0.4 is 5.43 Å². The van der Waals surface area contributed by atoms with Crippen molar-refractivity contribution < 1.29 is 33.5 Å². The zero-order valence-corrected chi connectivity index (χ0v) is 22.7. The normalized spacial score (nSPS) is 12.8. The van der Waals surface area contributed by atoms with Gasteiger partial charge >= 0.3 is 11.9 Å². The summed E-state index contributed by atoms with van der Waals surface area (Å²) in [6.45, 7) is 3.34. The number of halogens is 2. The van der Waals surface area contributed by atoms with Crippen molar-refractivity contribution in [2.24, 2.45) is 0 Å². The first-order chi connectivity index (χ1) is 18.6. The Bertz CT molecular complexity index is 1250. The summed E-state index contributed by atoms with van der Waals surface area (Å²) in [6.07, 6.45) is 4.87. The van der Waals surface area contributed by atoms with E-state index in [-0.39, 0.29) is 25.5 Å². The van der Waals surface area contributed by atoms with Gasteiger partial charge in [-0.2, -0.15) is 0 Å². The maximum atomic E-state index is 14.3. The Morgan fingerprint density at radius 1 is 1.13 bits per heavy atom. The number of rotatable bonds is 14. The van der Waals surface area contributed by atoms with Crippen molar-refractivity contribution in [1.82, 2.24) is 15.6 Å². The molecule has 0 fully saturated rings. The number of benzene rings is 2. The van der Waals surface area contributed by atoms with Crippen LogP contribution in [-0.4, -0.2) is 51.0 Å². The number of nitrogens with zero attached hydrogens (tertiary/aromatic N) is 2. The Labute approximate surface area is 231 Å². The third-order valence-electron chi connectivity index (χ3n) is 5.97. The Balaban J connectivity index is 1.71. The zero-order valence-electron chi connectivity index (χ0n) is 22.0. The van der Waals surface area contributed by atoms with E-state index in [9.17, 15) is 24.2 Å². The van der Waals surface area contributed by atoms with Crippen molar-refractivity contribution in [3.63, 3.8) is 0 Å². The van der Waals surface area contributed by atoms with Gasteiger partial charge in [0.15, 0.2) is 5.60 Å². The van der Waals surface area contributed by atoms with E-state index in [2.05, 4.69) is 17.5 Å². The lowest BCUT2D eigenvalue weighted by molar-refractivity contribution is -0.166. The van der Waals surface area contributed by atoms with Gasteiger partial charge < -0.3 is 19.5 Å². The third-order valence-corrected chi connectivity index (χ3v) is 6.20. The number of nitrogens with one attached hydrogen (secondary N) is 1. The number of esters is 1. The highest BCUT2D eigenvalue weighted by Crippen LogP contribution is 2.26. The molecule has 9 nitrogen and oxygen atoms in total. The molecule has 3 aromatic rings. The van der Waals surface area contributed by atoms with E-state index in [4.69, 9.17) is 20.9 Å². The number of aliphatic hydroxyl groups is 1. The molecule has 3 rings (SSSR count). The topological polar surface area (TPSA) is 125 Å². The highest BCUT2D eigenvalue weighted by Gasteiger charge is 2.35. The number of aromatic hydroxyl groups is 1. The van der Waals surface area contributed by atoms with Crippen molar-refractivity contribution in [3.05, 3.63) is 70.7 Å². The summed E-state index contributed by atoms with van der Waals surface area (Å²) in [5.41, 5.74) is 2.23. The Hall–Kier alpha value is -3.47. The minimum absolute atomic E-state index is 0.0601. The van der Waals surface area contributed by atoms with Gasteiger partial charge in [0.1, 0.15) is 5.82 Å². The van der Waals surface area contributed by atoms with E-state index in [0.29, 0.717) is 28.1 Å². The summed E-state index contributed by atoms with van der Waals surface area (Å²) in [5, 5.41) is 25.3. The van der Waals surface area contributed by atoms with Crippen molar-refractivity contribution in [2.75, 3.05) is 13.2 Å². The molecular weight excluding hydrogens is 529 g/mol. The van der Waals surface area contributed by atoms with Crippen molar-refractivity contribution in [1.29, 1.82) is 0 Å². The second kappa shape index (κ2) is 14.1. The molecule has 0 aliphatic heterocycles. The first kappa shape index (κ1) is 30.1. The van der Waals surface area contributed by atoms with Crippen LogP contribution in [0.3, 0.4) is 0 Å². The Morgan fingerprint density at radius 2 is 1.85 bits per heavy atom. The van der Waals surface area contributed by atoms with Gasteiger partial charge in [-0.25, -0.2) is 14.2 Å². The summed E-state index contributed by atoms with van der Waals surface area (Å²) >= 11 is 6.01. The number of aromatic nitrogens is 1. The first-order valence-corrected chi connectivity index (χ1v) is 13.1. The molecule has 0 aliphatic carbocycles. The monoisotopic (exact) mass is 561 g/mol. The number of hydrogen-bond acceptors (Lipinski definition) is 8. The standard InChI is InChI=1S/C28H33ClFN3O6/c1-3-4-5-6-7-14-38-27(36)28(2,37)18-33(31-26(35)24-16-25(34)32-39-24)17-19-8-10-20(11-9-19)22-15-21(29)12-13-23(22)30/h8-13,15-16,37H,3-7,14,17-18H2,1-2H3,(H,31,35)(H,32,34). The number of unbranched alkanes of at least 4 members (excludes halogenated alkanes) is 4. The number of amides is 1. The van der Waals surface area contributed by atoms with E-state index in [0.717, 1.165) is 31.7 Å². The summed E-state index contributed by atoms with van der Waals surface area (Å²) < 4.78 is 24.4. The van der Waals surface area contributed by atoms with Gasteiger partial charge in [-0.1, -0.05) is 68.5 Å². The molecule has 1 amide bonds. The van der Waals surface area contributed by atoms with Crippen LogP contribution in [0, 0.1) is 5.82 Å². The highest BCUT2D eigenvalue weighted by atomic mass is 35.5. The Morgan fingerprint density at radius 3 is 2.51 bits per heavy atom. The molecular formula is C28H33ClFN3O6. The maximum Gasteiger partial charge on any atom is 0.339 e. The molecule has 0 spiro atoms. The average molecular weight is 562 g/mol. The molecule has 1 unspecified atom stereocenters. The first-order valence-electron chi connectivity index (χ1n) is 12.7. The van der Waals surface area contributed by atoms with Crippen molar-refractivity contribution in [2.45, 2.75) is 58.1 Å². The third kappa shape index (κ3) is 9.05. The van der Waals surface area contributed by atoms with Crippen molar-refractivity contribution in [3.8, 4) is 17.0 Å².